The van der Waals surface area contributed by atoms with Crippen LogP contribution in [0.2, 0.25) is 0 Å². The normalized spacial score (nSPS) is 13.1. The number of benzene rings is 4. The molecule has 4 aromatic carbocycles. The van der Waals surface area contributed by atoms with Gasteiger partial charge in [0.2, 0.25) is 0 Å². The standard InChI is InChI=1S/C30H29N3/c1-2-3-22-30(26-17-8-5-9-18-26,33-29-21-13-12-20-28(29)31-32-33)23-25-16-10-11-19-27(25)24-14-6-4-7-15-24/h4-21H,2-3,22-23H2,1H3. The Labute approximate surface area is 195 Å². The fourth-order valence-corrected chi connectivity index (χ4v) is 4.93. The van der Waals surface area contributed by atoms with Crippen LogP contribution in [0.3, 0.4) is 0 Å². The Balaban J connectivity index is 1.73. The van der Waals surface area contributed by atoms with Crippen LogP contribution in [-0.4, -0.2) is 15.0 Å². The minimum atomic E-state index is -0.335. The van der Waals surface area contributed by atoms with Crippen LogP contribution in [0, 0.1) is 0 Å². The lowest BCUT2D eigenvalue weighted by atomic mass is 9.78. The summed E-state index contributed by atoms with van der Waals surface area (Å²) in [6.45, 7) is 2.26. The third-order valence-corrected chi connectivity index (χ3v) is 6.60. The van der Waals surface area contributed by atoms with Gasteiger partial charge in [-0.1, -0.05) is 122 Å². The fourth-order valence-electron chi connectivity index (χ4n) is 4.93. The van der Waals surface area contributed by atoms with Crippen LogP contribution in [0.25, 0.3) is 22.2 Å². The molecule has 0 aliphatic heterocycles. The Hall–Kier alpha value is -3.72. The van der Waals surface area contributed by atoms with E-state index < -0.39 is 0 Å². The van der Waals surface area contributed by atoms with Gasteiger partial charge in [-0.3, -0.25) is 0 Å². The lowest BCUT2D eigenvalue weighted by molar-refractivity contribution is 0.288. The summed E-state index contributed by atoms with van der Waals surface area (Å²) in [7, 11) is 0. The van der Waals surface area contributed by atoms with Crippen LogP contribution in [0.15, 0.2) is 109 Å². The molecule has 0 aliphatic carbocycles. The van der Waals surface area contributed by atoms with E-state index >= 15 is 0 Å². The van der Waals surface area contributed by atoms with Gasteiger partial charge < -0.3 is 0 Å². The molecule has 33 heavy (non-hydrogen) atoms. The molecule has 3 heteroatoms. The Morgan fingerprint density at radius 2 is 1.39 bits per heavy atom. The van der Waals surface area contributed by atoms with Crippen molar-refractivity contribution in [2.24, 2.45) is 0 Å². The van der Waals surface area contributed by atoms with Crippen LogP contribution in [0.4, 0.5) is 0 Å². The van der Waals surface area contributed by atoms with Crippen molar-refractivity contribution in [3.63, 3.8) is 0 Å². The summed E-state index contributed by atoms with van der Waals surface area (Å²) in [4.78, 5) is 0. The number of fused-ring (bicyclic) bond motifs is 1. The highest BCUT2D eigenvalue weighted by Gasteiger charge is 2.37. The Bertz CT molecular complexity index is 1320. The maximum Gasteiger partial charge on any atom is 0.113 e. The monoisotopic (exact) mass is 431 g/mol. The summed E-state index contributed by atoms with van der Waals surface area (Å²) in [6.07, 6.45) is 4.07. The van der Waals surface area contributed by atoms with E-state index in [9.17, 15) is 0 Å². The van der Waals surface area contributed by atoms with Gasteiger partial charge in [0.1, 0.15) is 5.52 Å². The molecular formula is C30H29N3. The number of aromatic nitrogens is 3. The van der Waals surface area contributed by atoms with Gasteiger partial charge in [0, 0.05) is 6.42 Å². The van der Waals surface area contributed by atoms with Crippen molar-refractivity contribution in [3.05, 3.63) is 120 Å². The largest absolute Gasteiger partial charge is 0.234 e. The summed E-state index contributed by atoms with van der Waals surface area (Å²) in [5, 5.41) is 9.32. The Kier molecular flexibility index (Phi) is 6.03. The summed E-state index contributed by atoms with van der Waals surface area (Å²) < 4.78 is 2.19. The Morgan fingerprint density at radius 1 is 0.727 bits per heavy atom. The Morgan fingerprint density at radius 3 is 2.18 bits per heavy atom. The molecule has 1 heterocycles. The molecule has 1 atom stereocenters. The van der Waals surface area contributed by atoms with Gasteiger partial charge in [-0.05, 0) is 40.8 Å². The molecule has 0 amide bonds. The molecule has 0 radical (unpaired) electrons. The zero-order valence-corrected chi connectivity index (χ0v) is 19.1. The van der Waals surface area contributed by atoms with Crippen LogP contribution in [-0.2, 0) is 12.0 Å². The summed E-state index contributed by atoms with van der Waals surface area (Å²) >= 11 is 0. The average molecular weight is 432 g/mol. The number of para-hydroxylation sites is 1. The van der Waals surface area contributed by atoms with Crippen LogP contribution >= 0.6 is 0 Å². The van der Waals surface area contributed by atoms with Gasteiger partial charge >= 0.3 is 0 Å². The molecule has 0 aliphatic rings. The van der Waals surface area contributed by atoms with E-state index in [-0.39, 0.29) is 5.54 Å². The molecule has 5 rings (SSSR count). The maximum atomic E-state index is 4.76. The second-order valence-electron chi connectivity index (χ2n) is 8.69. The van der Waals surface area contributed by atoms with Crippen molar-refractivity contribution >= 4 is 11.0 Å². The van der Waals surface area contributed by atoms with Gasteiger partial charge in [-0.25, -0.2) is 4.68 Å². The molecular weight excluding hydrogens is 402 g/mol. The van der Waals surface area contributed by atoms with Crippen molar-refractivity contribution in [2.45, 2.75) is 38.1 Å². The molecule has 1 aromatic heterocycles. The summed E-state index contributed by atoms with van der Waals surface area (Å²) in [5.74, 6) is 0. The van der Waals surface area contributed by atoms with Gasteiger partial charge in [0.05, 0.1) is 11.1 Å². The van der Waals surface area contributed by atoms with E-state index in [0.717, 1.165) is 36.7 Å². The van der Waals surface area contributed by atoms with Gasteiger partial charge in [0.15, 0.2) is 0 Å². The molecule has 0 fully saturated rings. The summed E-state index contributed by atoms with van der Waals surface area (Å²) in [5.41, 5.74) is 6.80. The zero-order valence-electron chi connectivity index (χ0n) is 19.1. The summed E-state index contributed by atoms with van der Waals surface area (Å²) in [6, 6.07) is 38.6. The molecule has 5 aromatic rings. The smallest absolute Gasteiger partial charge is 0.113 e. The first-order valence-electron chi connectivity index (χ1n) is 11.8. The minimum absolute atomic E-state index is 0.335. The highest BCUT2D eigenvalue weighted by molar-refractivity contribution is 5.75. The van der Waals surface area contributed by atoms with Crippen molar-refractivity contribution in [3.8, 4) is 11.1 Å². The predicted octanol–water partition coefficient (Wildman–Crippen LogP) is 7.27. The van der Waals surface area contributed by atoms with Crippen LogP contribution < -0.4 is 0 Å². The van der Waals surface area contributed by atoms with Crippen LogP contribution in [0.1, 0.15) is 37.3 Å². The van der Waals surface area contributed by atoms with E-state index in [1.54, 1.807) is 0 Å². The van der Waals surface area contributed by atoms with Gasteiger partial charge in [-0.2, -0.15) is 0 Å². The number of hydrogen-bond acceptors (Lipinski definition) is 2. The van der Waals surface area contributed by atoms with Crippen molar-refractivity contribution in [1.82, 2.24) is 15.0 Å². The SMILES string of the molecule is CCCCC(Cc1ccccc1-c1ccccc1)(c1ccccc1)n1nnc2ccccc21. The second kappa shape index (κ2) is 9.41. The number of nitrogens with zero attached hydrogens (tertiary/aromatic N) is 3. The van der Waals surface area contributed by atoms with Crippen molar-refractivity contribution in [1.29, 1.82) is 0 Å². The fraction of sp³-hybridized carbons (Fsp3) is 0.200. The number of unbranched alkanes of at least 4 members (excludes halogenated alkanes) is 1. The first-order valence-corrected chi connectivity index (χ1v) is 11.8. The molecule has 0 spiro atoms. The molecule has 0 saturated carbocycles. The molecule has 0 N–H and O–H groups in total. The molecule has 0 bridgehead atoms. The number of rotatable bonds is 8. The molecule has 3 nitrogen and oxygen atoms in total. The van der Waals surface area contributed by atoms with Gasteiger partial charge in [-0.15, -0.1) is 5.10 Å². The minimum Gasteiger partial charge on any atom is -0.234 e. The first kappa shape index (κ1) is 21.1. The predicted molar refractivity (Wildman–Crippen MR) is 136 cm³/mol. The molecule has 0 saturated heterocycles. The lowest BCUT2D eigenvalue weighted by Crippen LogP contribution is -2.38. The maximum absolute atomic E-state index is 4.76. The lowest BCUT2D eigenvalue weighted by Gasteiger charge is -2.36. The quantitative estimate of drug-likeness (QED) is 0.258. The zero-order chi connectivity index (χ0) is 22.5. The average Bonchev–Trinajstić information content (AvgIpc) is 3.33. The van der Waals surface area contributed by atoms with Gasteiger partial charge in [0.25, 0.3) is 0 Å². The van der Waals surface area contributed by atoms with E-state index in [1.807, 2.05) is 12.1 Å². The third-order valence-electron chi connectivity index (χ3n) is 6.60. The van der Waals surface area contributed by atoms with E-state index in [2.05, 4.69) is 114 Å². The van der Waals surface area contributed by atoms with Crippen molar-refractivity contribution in [2.75, 3.05) is 0 Å². The second-order valence-corrected chi connectivity index (χ2v) is 8.69. The van der Waals surface area contributed by atoms with E-state index in [4.69, 9.17) is 5.21 Å². The first-order chi connectivity index (χ1) is 16.3. The van der Waals surface area contributed by atoms with E-state index in [1.165, 1.54) is 22.3 Å². The van der Waals surface area contributed by atoms with E-state index in [0.29, 0.717) is 0 Å². The highest BCUT2D eigenvalue weighted by Crippen LogP contribution is 2.39. The van der Waals surface area contributed by atoms with Crippen LogP contribution in [0.5, 0.6) is 0 Å². The number of hydrogen-bond donors (Lipinski definition) is 0. The van der Waals surface area contributed by atoms with Crippen molar-refractivity contribution < 1.29 is 0 Å². The topological polar surface area (TPSA) is 30.7 Å². The third kappa shape index (κ3) is 4.07. The highest BCUT2D eigenvalue weighted by atomic mass is 15.5. The molecule has 1 unspecified atom stereocenters. The molecule has 164 valence electrons.